The molecule has 6 nitrogen and oxygen atoms in total. The van der Waals surface area contributed by atoms with Crippen LogP contribution in [0.5, 0.6) is 0 Å². The molecule has 0 spiro atoms. The molecule has 88 valence electrons. The number of ether oxygens (including phenoxy) is 1. The van der Waals surface area contributed by atoms with Crippen LogP contribution in [-0.4, -0.2) is 27.9 Å². The highest BCUT2D eigenvalue weighted by atomic mass is 16.6. The molecule has 2 rings (SSSR count). The van der Waals surface area contributed by atoms with E-state index in [9.17, 15) is 10.1 Å². The minimum atomic E-state index is -0.385. The average Bonchev–Trinajstić information content (AvgIpc) is 2.61. The molecule has 1 atom stereocenters. The molecule has 1 aliphatic heterocycles. The fourth-order valence-electron chi connectivity index (χ4n) is 2.01. The van der Waals surface area contributed by atoms with Crippen molar-refractivity contribution in [3.05, 3.63) is 21.9 Å². The Kier molecular flexibility index (Phi) is 3.19. The summed E-state index contributed by atoms with van der Waals surface area (Å²) in [6.45, 7) is 3.82. The third kappa shape index (κ3) is 2.38. The molecule has 2 heterocycles. The first kappa shape index (κ1) is 11.1. The lowest BCUT2D eigenvalue weighted by Crippen LogP contribution is -2.23. The third-order valence-electron chi connectivity index (χ3n) is 2.75. The van der Waals surface area contributed by atoms with Crippen LogP contribution in [0.25, 0.3) is 0 Å². The maximum atomic E-state index is 10.8. The lowest BCUT2D eigenvalue weighted by atomic mass is 10.0. The number of rotatable bonds is 3. The van der Waals surface area contributed by atoms with Gasteiger partial charge in [-0.05, 0) is 24.7 Å². The van der Waals surface area contributed by atoms with Crippen LogP contribution in [0.3, 0.4) is 0 Å². The number of hydrogen-bond acceptors (Lipinski definition) is 4. The van der Waals surface area contributed by atoms with E-state index in [-0.39, 0.29) is 10.7 Å². The van der Waals surface area contributed by atoms with E-state index < -0.39 is 0 Å². The van der Waals surface area contributed by atoms with E-state index in [1.165, 1.54) is 10.7 Å². The summed E-state index contributed by atoms with van der Waals surface area (Å²) < 4.78 is 6.83. The molecule has 1 aromatic rings. The standard InChI is InChI=1S/C10H15N3O3/c1-8-5-10(13(14)15)12(11-8)6-9-3-2-4-16-7-9/h5,9H,2-4,6-7H2,1H3. The highest BCUT2D eigenvalue weighted by molar-refractivity contribution is 5.22. The summed E-state index contributed by atoms with van der Waals surface area (Å²) in [7, 11) is 0. The predicted molar refractivity (Wildman–Crippen MR) is 57.2 cm³/mol. The van der Waals surface area contributed by atoms with Gasteiger partial charge in [0.2, 0.25) is 0 Å². The first-order valence-electron chi connectivity index (χ1n) is 5.43. The van der Waals surface area contributed by atoms with Gasteiger partial charge in [0.05, 0.1) is 18.4 Å². The Morgan fingerprint density at radius 1 is 1.75 bits per heavy atom. The third-order valence-corrected chi connectivity index (χ3v) is 2.75. The van der Waals surface area contributed by atoms with Gasteiger partial charge in [0.25, 0.3) is 0 Å². The summed E-state index contributed by atoms with van der Waals surface area (Å²) in [5.41, 5.74) is 0.684. The Morgan fingerprint density at radius 2 is 2.56 bits per heavy atom. The van der Waals surface area contributed by atoms with E-state index >= 15 is 0 Å². The Bertz CT molecular complexity index is 383. The fourth-order valence-corrected chi connectivity index (χ4v) is 2.01. The molecular weight excluding hydrogens is 210 g/mol. The molecule has 0 saturated carbocycles. The second-order valence-corrected chi connectivity index (χ2v) is 4.17. The Balaban J connectivity index is 2.10. The van der Waals surface area contributed by atoms with Gasteiger partial charge in [-0.15, -0.1) is 4.68 Å². The number of aryl methyl sites for hydroxylation is 1. The molecule has 0 N–H and O–H groups in total. The highest BCUT2D eigenvalue weighted by Gasteiger charge is 2.22. The molecule has 1 unspecified atom stereocenters. The molecule has 1 aliphatic rings. The van der Waals surface area contributed by atoms with Crippen molar-refractivity contribution in [2.75, 3.05) is 13.2 Å². The molecule has 0 amide bonds. The summed E-state index contributed by atoms with van der Waals surface area (Å²) in [4.78, 5) is 10.4. The van der Waals surface area contributed by atoms with Crippen molar-refractivity contribution < 1.29 is 9.66 Å². The molecular formula is C10H15N3O3. The fraction of sp³-hybridized carbons (Fsp3) is 0.700. The summed E-state index contributed by atoms with van der Waals surface area (Å²) in [6, 6.07) is 1.50. The van der Waals surface area contributed by atoms with Gasteiger partial charge in [-0.3, -0.25) is 0 Å². The van der Waals surface area contributed by atoms with Crippen LogP contribution in [0.4, 0.5) is 5.82 Å². The quantitative estimate of drug-likeness (QED) is 0.577. The molecule has 16 heavy (non-hydrogen) atoms. The Labute approximate surface area is 93.4 Å². The lowest BCUT2D eigenvalue weighted by Gasteiger charge is -2.19. The normalized spacial score (nSPS) is 20.9. The van der Waals surface area contributed by atoms with Crippen molar-refractivity contribution in [2.45, 2.75) is 26.3 Å². The largest absolute Gasteiger partial charge is 0.381 e. The van der Waals surface area contributed by atoms with Crippen LogP contribution in [0.2, 0.25) is 0 Å². The van der Waals surface area contributed by atoms with E-state index in [1.54, 1.807) is 6.92 Å². The first-order valence-corrected chi connectivity index (χ1v) is 5.43. The van der Waals surface area contributed by atoms with Gasteiger partial charge < -0.3 is 14.9 Å². The van der Waals surface area contributed by atoms with Gasteiger partial charge in [-0.1, -0.05) is 5.10 Å². The van der Waals surface area contributed by atoms with E-state index in [2.05, 4.69) is 5.10 Å². The number of nitrogens with zero attached hydrogens (tertiary/aromatic N) is 3. The summed E-state index contributed by atoms with van der Waals surface area (Å²) in [5, 5.41) is 14.9. The average molecular weight is 225 g/mol. The van der Waals surface area contributed by atoms with Gasteiger partial charge in [-0.2, -0.15) is 0 Å². The minimum absolute atomic E-state index is 0.0723. The van der Waals surface area contributed by atoms with Crippen LogP contribution in [0.1, 0.15) is 18.5 Å². The number of nitro groups is 1. The smallest absolute Gasteiger partial charge is 0.345 e. The Hall–Kier alpha value is -1.43. The van der Waals surface area contributed by atoms with Crippen molar-refractivity contribution in [3.63, 3.8) is 0 Å². The van der Waals surface area contributed by atoms with E-state index in [0.29, 0.717) is 24.8 Å². The molecule has 1 saturated heterocycles. The summed E-state index contributed by atoms with van der Waals surface area (Å²) in [6.07, 6.45) is 2.08. The topological polar surface area (TPSA) is 70.2 Å². The van der Waals surface area contributed by atoms with Crippen LogP contribution in [-0.2, 0) is 11.3 Å². The van der Waals surface area contributed by atoms with Crippen LogP contribution in [0, 0.1) is 23.0 Å². The van der Waals surface area contributed by atoms with E-state index in [4.69, 9.17) is 4.74 Å². The van der Waals surface area contributed by atoms with Crippen LogP contribution in [0.15, 0.2) is 6.07 Å². The molecule has 6 heteroatoms. The van der Waals surface area contributed by atoms with Crippen molar-refractivity contribution >= 4 is 5.82 Å². The van der Waals surface area contributed by atoms with Gasteiger partial charge in [-0.25, -0.2) is 0 Å². The predicted octanol–water partition coefficient (Wildman–Crippen LogP) is 1.53. The summed E-state index contributed by atoms with van der Waals surface area (Å²) >= 11 is 0. The van der Waals surface area contributed by atoms with Crippen LogP contribution >= 0.6 is 0 Å². The van der Waals surface area contributed by atoms with Crippen molar-refractivity contribution in [2.24, 2.45) is 5.92 Å². The molecule has 1 aromatic heterocycles. The van der Waals surface area contributed by atoms with Crippen molar-refractivity contribution in [1.29, 1.82) is 0 Å². The Morgan fingerprint density at radius 3 is 3.19 bits per heavy atom. The second kappa shape index (κ2) is 4.61. The molecule has 1 fully saturated rings. The molecule has 0 bridgehead atoms. The maximum absolute atomic E-state index is 10.8. The van der Waals surface area contributed by atoms with Gasteiger partial charge in [0.1, 0.15) is 6.54 Å². The number of aromatic nitrogens is 2. The molecule has 0 aromatic carbocycles. The number of hydrogen-bond donors (Lipinski definition) is 0. The first-order chi connectivity index (χ1) is 7.66. The van der Waals surface area contributed by atoms with Gasteiger partial charge >= 0.3 is 5.82 Å². The second-order valence-electron chi connectivity index (χ2n) is 4.17. The molecule has 0 aliphatic carbocycles. The SMILES string of the molecule is Cc1cc([N+](=O)[O-])n(CC2CCCOC2)n1. The monoisotopic (exact) mass is 225 g/mol. The van der Waals surface area contributed by atoms with Crippen LogP contribution < -0.4 is 0 Å². The molecule has 0 radical (unpaired) electrons. The van der Waals surface area contributed by atoms with E-state index in [1.807, 2.05) is 0 Å². The van der Waals surface area contributed by atoms with Gasteiger partial charge in [0.15, 0.2) is 0 Å². The zero-order valence-corrected chi connectivity index (χ0v) is 9.26. The van der Waals surface area contributed by atoms with Crippen molar-refractivity contribution in [3.8, 4) is 0 Å². The maximum Gasteiger partial charge on any atom is 0.345 e. The zero-order valence-electron chi connectivity index (χ0n) is 9.26. The van der Waals surface area contributed by atoms with E-state index in [0.717, 1.165) is 19.4 Å². The minimum Gasteiger partial charge on any atom is -0.381 e. The highest BCUT2D eigenvalue weighted by Crippen LogP contribution is 2.19. The van der Waals surface area contributed by atoms with Gasteiger partial charge in [0, 0.05) is 12.5 Å². The van der Waals surface area contributed by atoms with Crippen molar-refractivity contribution in [1.82, 2.24) is 9.78 Å². The summed E-state index contributed by atoms with van der Waals surface area (Å²) in [5.74, 6) is 0.412. The zero-order chi connectivity index (χ0) is 11.5. The lowest BCUT2D eigenvalue weighted by molar-refractivity contribution is -0.392.